The van der Waals surface area contributed by atoms with Crippen LogP contribution in [0.3, 0.4) is 0 Å². The van der Waals surface area contributed by atoms with Gasteiger partial charge in [0.05, 0.1) is 5.60 Å². The summed E-state index contributed by atoms with van der Waals surface area (Å²) >= 11 is 1.75. The number of aliphatic hydroxyl groups is 1. The Morgan fingerprint density at radius 1 is 1.56 bits per heavy atom. The minimum Gasteiger partial charge on any atom is -0.388 e. The molecule has 0 radical (unpaired) electrons. The van der Waals surface area contributed by atoms with Crippen molar-refractivity contribution in [1.82, 2.24) is 5.32 Å². The molecule has 0 aliphatic rings. The minimum atomic E-state index is -0.802. The van der Waals surface area contributed by atoms with Crippen molar-refractivity contribution in [2.45, 2.75) is 45.6 Å². The van der Waals surface area contributed by atoms with Crippen molar-refractivity contribution < 1.29 is 9.90 Å². The highest BCUT2D eigenvalue weighted by molar-refractivity contribution is 7.98. The Hall–Kier alpha value is -0.220. The molecule has 0 spiro atoms. The highest BCUT2D eigenvalue weighted by atomic mass is 32.2. The lowest BCUT2D eigenvalue weighted by Crippen LogP contribution is -2.45. The largest absolute Gasteiger partial charge is 0.388 e. The number of thioether (sulfide) groups is 1. The minimum absolute atomic E-state index is 0.0395. The maximum Gasteiger partial charge on any atom is 0.220 e. The van der Waals surface area contributed by atoms with Crippen LogP contribution in [0.25, 0.3) is 0 Å². The fourth-order valence-corrected chi connectivity index (χ4v) is 1.79. The van der Waals surface area contributed by atoms with Crippen LogP contribution in [0.1, 0.15) is 40.0 Å². The zero-order valence-corrected chi connectivity index (χ0v) is 11.7. The molecule has 0 aromatic rings. The summed E-state index contributed by atoms with van der Waals surface area (Å²) in [4.78, 5) is 11.4. The van der Waals surface area contributed by atoms with Gasteiger partial charge in [-0.05, 0) is 31.3 Å². The Bertz CT molecular complexity index is 207. The fourth-order valence-electron chi connectivity index (χ4n) is 1.36. The third kappa shape index (κ3) is 6.38. The summed E-state index contributed by atoms with van der Waals surface area (Å²) in [5, 5.41) is 12.9. The van der Waals surface area contributed by atoms with Crippen LogP contribution in [0.2, 0.25) is 0 Å². The standard InChI is InChI=1S/C12H25NO2S/c1-5-10(2)12(3,15)9-13-11(14)7-6-8-16-4/h10,15H,5-9H2,1-4H3,(H,13,14). The van der Waals surface area contributed by atoms with E-state index in [1.54, 1.807) is 18.7 Å². The first kappa shape index (κ1) is 15.8. The van der Waals surface area contributed by atoms with Crippen molar-refractivity contribution >= 4 is 17.7 Å². The van der Waals surface area contributed by atoms with Crippen LogP contribution >= 0.6 is 11.8 Å². The van der Waals surface area contributed by atoms with Crippen molar-refractivity contribution in [3.63, 3.8) is 0 Å². The summed E-state index contributed by atoms with van der Waals surface area (Å²) in [5.74, 6) is 1.24. The summed E-state index contributed by atoms with van der Waals surface area (Å²) in [7, 11) is 0. The average Bonchev–Trinajstić information content (AvgIpc) is 2.25. The smallest absolute Gasteiger partial charge is 0.220 e. The second-order valence-corrected chi connectivity index (χ2v) is 5.53. The molecule has 2 N–H and O–H groups in total. The molecule has 0 aromatic carbocycles. The molecule has 2 unspecified atom stereocenters. The molecule has 0 aromatic heterocycles. The molecule has 4 heteroatoms. The second-order valence-electron chi connectivity index (χ2n) is 4.54. The number of rotatable bonds is 8. The van der Waals surface area contributed by atoms with Gasteiger partial charge in [0.2, 0.25) is 5.91 Å². The Morgan fingerprint density at radius 2 is 2.19 bits per heavy atom. The Kier molecular flexibility index (Phi) is 7.85. The van der Waals surface area contributed by atoms with E-state index in [0.717, 1.165) is 18.6 Å². The molecule has 1 amide bonds. The van der Waals surface area contributed by atoms with Crippen LogP contribution < -0.4 is 5.32 Å². The van der Waals surface area contributed by atoms with Crippen LogP contribution in [-0.2, 0) is 4.79 Å². The molecule has 16 heavy (non-hydrogen) atoms. The van der Waals surface area contributed by atoms with E-state index in [0.29, 0.717) is 13.0 Å². The molecule has 2 atom stereocenters. The van der Waals surface area contributed by atoms with E-state index in [2.05, 4.69) is 5.32 Å². The quantitative estimate of drug-likeness (QED) is 0.645. The predicted octanol–water partition coefficient (Wildman–Crippen LogP) is 2.04. The molecule has 0 aliphatic carbocycles. The highest BCUT2D eigenvalue weighted by Crippen LogP contribution is 2.18. The molecular weight excluding hydrogens is 222 g/mol. The number of amides is 1. The zero-order chi connectivity index (χ0) is 12.6. The predicted molar refractivity (Wildman–Crippen MR) is 70.7 cm³/mol. The van der Waals surface area contributed by atoms with E-state index >= 15 is 0 Å². The van der Waals surface area contributed by atoms with Crippen LogP contribution in [0.4, 0.5) is 0 Å². The number of carbonyl (C=O) groups excluding carboxylic acids is 1. The van der Waals surface area contributed by atoms with Crippen LogP contribution in [0.15, 0.2) is 0 Å². The molecule has 0 rings (SSSR count). The molecular formula is C12H25NO2S. The highest BCUT2D eigenvalue weighted by Gasteiger charge is 2.27. The molecule has 0 bridgehead atoms. The van der Waals surface area contributed by atoms with Gasteiger partial charge in [0.25, 0.3) is 0 Å². The Labute approximate surface area is 103 Å². The van der Waals surface area contributed by atoms with Crippen LogP contribution in [-0.4, -0.2) is 35.2 Å². The summed E-state index contributed by atoms with van der Waals surface area (Å²) < 4.78 is 0. The van der Waals surface area contributed by atoms with Gasteiger partial charge in [-0.1, -0.05) is 20.3 Å². The molecule has 3 nitrogen and oxygen atoms in total. The first-order chi connectivity index (χ1) is 7.44. The van der Waals surface area contributed by atoms with Gasteiger partial charge in [-0.3, -0.25) is 4.79 Å². The van der Waals surface area contributed by atoms with E-state index in [4.69, 9.17) is 0 Å². The Balaban J connectivity index is 3.81. The van der Waals surface area contributed by atoms with Gasteiger partial charge in [-0.2, -0.15) is 11.8 Å². The maximum atomic E-state index is 11.4. The van der Waals surface area contributed by atoms with E-state index in [1.807, 2.05) is 20.1 Å². The number of nitrogens with one attached hydrogen (secondary N) is 1. The fraction of sp³-hybridized carbons (Fsp3) is 0.917. The SMILES string of the molecule is CCC(C)C(C)(O)CNC(=O)CCCSC. The van der Waals surface area contributed by atoms with Gasteiger partial charge in [-0.25, -0.2) is 0 Å². The lowest BCUT2D eigenvalue weighted by molar-refractivity contribution is -0.122. The Morgan fingerprint density at radius 3 is 2.69 bits per heavy atom. The topological polar surface area (TPSA) is 49.3 Å². The molecule has 96 valence electrons. The van der Waals surface area contributed by atoms with Gasteiger partial charge in [-0.15, -0.1) is 0 Å². The summed E-state index contributed by atoms with van der Waals surface area (Å²) in [5.41, 5.74) is -0.802. The van der Waals surface area contributed by atoms with Crippen molar-refractivity contribution in [2.24, 2.45) is 5.92 Å². The van der Waals surface area contributed by atoms with Crippen LogP contribution in [0, 0.1) is 5.92 Å². The second kappa shape index (κ2) is 7.96. The lowest BCUT2D eigenvalue weighted by Gasteiger charge is -2.29. The van der Waals surface area contributed by atoms with Crippen molar-refractivity contribution in [2.75, 3.05) is 18.6 Å². The number of carbonyl (C=O) groups is 1. The van der Waals surface area contributed by atoms with Crippen molar-refractivity contribution in [3.05, 3.63) is 0 Å². The van der Waals surface area contributed by atoms with E-state index in [9.17, 15) is 9.90 Å². The van der Waals surface area contributed by atoms with Gasteiger partial charge in [0.1, 0.15) is 0 Å². The van der Waals surface area contributed by atoms with Gasteiger partial charge in [0.15, 0.2) is 0 Å². The molecule has 0 saturated heterocycles. The summed E-state index contributed by atoms with van der Waals surface area (Å²) in [6.45, 7) is 6.17. The molecule has 0 aliphatic heterocycles. The summed E-state index contributed by atoms with van der Waals surface area (Å²) in [6, 6.07) is 0. The molecule has 0 heterocycles. The third-order valence-corrected chi connectivity index (χ3v) is 3.77. The van der Waals surface area contributed by atoms with Gasteiger partial charge >= 0.3 is 0 Å². The first-order valence-corrected chi connectivity index (χ1v) is 7.31. The number of hydrogen-bond donors (Lipinski definition) is 2. The number of hydrogen-bond acceptors (Lipinski definition) is 3. The average molecular weight is 247 g/mol. The first-order valence-electron chi connectivity index (χ1n) is 5.92. The van der Waals surface area contributed by atoms with Gasteiger partial charge in [0, 0.05) is 13.0 Å². The van der Waals surface area contributed by atoms with E-state index < -0.39 is 5.60 Å². The third-order valence-electron chi connectivity index (χ3n) is 3.07. The van der Waals surface area contributed by atoms with Gasteiger partial charge < -0.3 is 10.4 Å². The van der Waals surface area contributed by atoms with E-state index in [1.165, 1.54) is 0 Å². The van der Waals surface area contributed by atoms with Crippen LogP contribution in [0.5, 0.6) is 0 Å². The monoisotopic (exact) mass is 247 g/mol. The van der Waals surface area contributed by atoms with E-state index in [-0.39, 0.29) is 11.8 Å². The normalized spacial score (nSPS) is 16.6. The lowest BCUT2D eigenvalue weighted by atomic mass is 9.88. The van der Waals surface area contributed by atoms with Crippen molar-refractivity contribution in [3.8, 4) is 0 Å². The zero-order valence-electron chi connectivity index (χ0n) is 10.9. The molecule has 0 fully saturated rings. The summed E-state index contributed by atoms with van der Waals surface area (Å²) in [6.07, 6.45) is 4.40. The maximum absolute atomic E-state index is 11.4. The molecule has 0 saturated carbocycles. The van der Waals surface area contributed by atoms with Crippen molar-refractivity contribution in [1.29, 1.82) is 0 Å².